The molecule has 136 valence electrons. The Morgan fingerprint density at radius 2 is 1.77 bits per heavy atom. The number of anilines is 1. The van der Waals surface area contributed by atoms with Gasteiger partial charge in [0.2, 0.25) is 0 Å². The average Bonchev–Trinajstić information content (AvgIpc) is 2.56. The van der Waals surface area contributed by atoms with E-state index >= 15 is 0 Å². The van der Waals surface area contributed by atoms with Gasteiger partial charge in [0.05, 0.1) is 16.1 Å². The fourth-order valence-electron chi connectivity index (χ4n) is 2.41. The molecule has 0 aromatic heterocycles. The van der Waals surface area contributed by atoms with E-state index in [4.69, 9.17) is 16.7 Å². The number of carboxylic acid groups (broad SMARTS) is 1. The van der Waals surface area contributed by atoms with Crippen molar-refractivity contribution in [1.29, 1.82) is 0 Å². The zero-order chi connectivity index (χ0) is 19.5. The van der Waals surface area contributed by atoms with Crippen molar-refractivity contribution in [3.8, 4) is 0 Å². The highest BCUT2D eigenvalue weighted by Crippen LogP contribution is 2.23. The molecule has 0 bridgehead atoms. The molecule has 0 saturated carbocycles. The zero-order valence-electron chi connectivity index (χ0n) is 14.6. The molecule has 6 nitrogen and oxygen atoms in total. The fourth-order valence-corrected chi connectivity index (χ4v) is 2.61. The lowest BCUT2D eigenvalue weighted by Gasteiger charge is -2.27. The fraction of sp³-hybridized carbons (Fsp3) is 0.211. The minimum atomic E-state index is -1.18. The van der Waals surface area contributed by atoms with Gasteiger partial charge in [-0.1, -0.05) is 29.8 Å². The highest BCUT2D eigenvalue weighted by Gasteiger charge is 2.24. The number of benzene rings is 2. The predicted octanol–water partition coefficient (Wildman–Crippen LogP) is 4.30. The van der Waals surface area contributed by atoms with Gasteiger partial charge in [0.25, 0.3) is 0 Å². The van der Waals surface area contributed by atoms with Crippen LogP contribution in [0.5, 0.6) is 0 Å². The van der Waals surface area contributed by atoms with Crippen LogP contribution in [0.2, 0.25) is 5.02 Å². The summed E-state index contributed by atoms with van der Waals surface area (Å²) >= 11 is 5.82. The summed E-state index contributed by atoms with van der Waals surface area (Å²) in [6, 6.07) is 10.7. The third kappa shape index (κ3) is 4.61. The van der Waals surface area contributed by atoms with Gasteiger partial charge in [0, 0.05) is 11.3 Å². The predicted molar refractivity (Wildman–Crippen MR) is 100 cm³/mol. The van der Waals surface area contributed by atoms with E-state index in [0.29, 0.717) is 11.3 Å². The van der Waals surface area contributed by atoms with Crippen LogP contribution in [-0.4, -0.2) is 22.9 Å². The molecule has 2 amide bonds. The number of ketones is 1. The lowest BCUT2D eigenvalue weighted by atomic mass is 9.92. The first-order valence-electron chi connectivity index (χ1n) is 7.83. The van der Waals surface area contributed by atoms with Crippen molar-refractivity contribution in [3.63, 3.8) is 0 Å². The number of hydrogen-bond donors (Lipinski definition) is 3. The Bertz CT molecular complexity index is 878. The van der Waals surface area contributed by atoms with Crippen molar-refractivity contribution in [2.75, 3.05) is 5.32 Å². The number of rotatable bonds is 5. The van der Waals surface area contributed by atoms with Gasteiger partial charge in [0.1, 0.15) is 0 Å². The number of halogens is 1. The molecule has 0 aliphatic carbocycles. The Kier molecular flexibility index (Phi) is 5.67. The molecular formula is C19H19ClN2O4. The molecule has 0 saturated heterocycles. The standard InChI is InChI=1S/C19H19ClN2O4/c1-11(23)12-5-4-6-13(9-12)19(2,3)22-18(26)21-14-7-8-16(20)15(10-14)17(24)25/h4-10H,1-3H3,(H,24,25)(H2,21,22,26). The summed E-state index contributed by atoms with van der Waals surface area (Å²) in [7, 11) is 0. The molecule has 2 aromatic carbocycles. The van der Waals surface area contributed by atoms with E-state index in [9.17, 15) is 14.4 Å². The number of carboxylic acids is 1. The van der Waals surface area contributed by atoms with Crippen LogP contribution >= 0.6 is 11.6 Å². The number of urea groups is 1. The van der Waals surface area contributed by atoms with Crippen molar-refractivity contribution in [2.24, 2.45) is 0 Å². The van der Waals surface area contributed by atoms with E-state index in [2.05, 4.69) is 10.6 Å². The van der Waals surface area contributed by atoms with Crippen molar-refractivity contribution >= 4 is 35.1 Å². The Hall–Kier alpha value is -2.86. The summed E-state index contributed by atoms with van der Waals surface area (Å²) in [4.78, 5) is 35.0. The van der Waals surface area contributed by atoms with Gasteiger partial charge in [-0.2, -0.15) is 0 Å². The van der Waals surface area contributed by atoms with Gasteiger partial charge in [-0.15, -0.1) is 0 Å². The lowest BCUT2D eigenvalue weighted by molar-refractivity contribution is 0.0696. The maximum atomic E-state index is 12.3. The minimum absolute atomic E-state index is 0.0607. The second kappa shape index (κ2) is 7.58. The van der Waals surface area contributed by atoms with E-state index in [-0.39, 0.29) is 16.4 Å². The van der Waals surface area contributed by atoms with Gasteiger partial charge in [-0.05, 0) is 50.6 Å². The highest BCUT2D eigenvalue weighted by atomic mass is 35.5. The first-order chi connectivity index (χ1) is 12.1. The van der Waals surface area contributed by atoms with Crippen LogP contribution in [-0.2, 0) is 5.54 Å². The van der Waals surface area contributed by atoms with E-state index in [0.717, 1.165) is 5.56 Å². The van der Waals surface area contributed by atoms with Gasteiger partial charge < -0.3 is 15.7 Å². The average molecular weight is 375 g/mol. The summed E-state index contributed by atoms with van der Waals surface area (Å²) in [5.74, 6) is -1.24. The molecule has 0 unspecified atom stereocenters. The first-order valence-corrected chi connectivity index (χ1v) is 8.21. The van der Waals surface area contributed by atoms with Gasteiger partial charge in [0.15, 0.2) is 5.78 Å². The Balaban J connectivity index is 2.16. The number of Topliss-reactive ketones (excluding diaryl/α,β-unsaturated/α-hetero) is 1. The zero-order valence-corrected chi connectivity index (χ0v) is 15.3. The second-order valence-electron chi connectivity index (χ2n) is 6.34. The van der Waals surface area contributed by atoms with Crippen LogP contribution in [0.25, 0.3) is 0 Å². The van der Waals surface area contributed by atoms with Crippen LogP contribution in [0.3, 0.4) is 0 Å². The van der Waals surface area contributed by atoms with Crippen LogP contribution in [0.1, 0.15) is 47.1 Å². The summed E-state index contributed by atoms with van der Waals surface area (Å²) in [5, 5.41) is 14.6. The quantitative estimate of drug-likeness (QED) is 0.680. The molecule has 0 radical (unpaired) electrons. The lowest BCUT2D eigenvalue weighted by Crippen LogP contribution is -2.43. The smallest absolute Gasteiger partial charge is 0.337 e. The number of carbonyl (C=O) groups excluding carboxylic acids is 2. The van der Waals surface area contributed by atoms with Gasteiger partial charge in [-0.25, -0.2) is 9.59 Å². The number of aromatic carboxylic acids is 1. The van der Waals surface area contributed by atoms with Crippen molar-refractivity contribution in [2.45, 2.75) is 26.3 Å². The van der Waals surface area contributed by atoms with Crippen LogP contribution in [0, 0.1) is 0 Å². The molecule has 7 heteroatoms. The second-order valence-corrected chi connectivity index (χ2v) is 6.75. The SMILES string of the molecule is CC(=O)c1cccc(C(C)(C)NC(=O)Nc2ccc(Cl)c(C(=O)O)c2)c1. The molecular weight excluding hydrogens is 356 g/mol. The molecule has 2 rings (SSSR count). The van der Waals surface area contributed by atoms with Crippen LogP contribution in [0.15, 0.2) is 42.5 Å². The third-order valence-corrected chi connectivity index (χ3v) is 4.20. The number of hydrogen-bond acceptors (Lipinski definition) is 3. The molecule has 0 heterocycles. The maximum Gasteiger partial charge on any atom is 0.337 e. The molecule has 3 N–H and O–H groups in total. The molecule has 26 heavy (non-hydrogen) atoms. The van der Waals surface area contributed by atoms with Crippen molar-refractivity contribution < 1.29 is 19.5 Å². The summed E-state index contributed by atoms with van der Waals surface area (Å²) in [5.41, 5.74) is 0.775. The normalized spacial score (nSPS) is 10.9. The number of nitrogens with one attached hydrogen (secondary N) is 2. The van der Waals surface area contributed by atoms with Crippen LogP contribution < -0.4 is 10.6 Å². The topological polar surface area (TPSA) is 95.5 Å². The van der Waals surface area contributed by atoms with Crippen LogP contribution in [0.4, 0.5) is 10.5 Å². The Morgan fingerprint density at radius 1 is 1.08 bits per heavy atom. The maximum absolute atomic E-state index is 12.3. The molecule has 0 fully saturated rings. The number of amides is 2. The largest absolute Gasteiger partial charge is 0.478 e. The summed E-state index contributed by atoms with van der Waals surface area (Å²) in [6.07, 6.45) is 0. The molecule has 0 aliphatic rings. The highest BCUT2D eigenvalue weighted by molar-refractivity contribution is 6.33. The van der Waals surface area contributed by atoms with Crippen molar-refractivity contribution in [1.82, 2.24) is 5.32 Å². The minimum Gasteiger partial charge on any atom is -0.478 e. The summed E-state index contributed by atoms with van der Waals surface area (Å²) < 4.78 is 0. The first kappa shape index (κ1) is 19.5. The Morgan fingerprint density at radius 3 is 2.38 bits per heavy atom. The molecule has 0 aliphatic heterocycles. The third-order valence-electron chi connectivity index (χ3n) is 3.87. The van der Waals surface area contributed by atoms with E-state index in [1.54, 1.807) is 32.0 Å². The Labute approximate surface area is 156 Å². The molecule has 0 spiro atoms. The monoisotopic (exact) mass is 374 g/mol. The van der Waals surface area contributed by atoms with Crippen molar-refractivity contribution in [3.05, 3.63) is 64.2 Å². The van der Waals surface area contributed by atoms with Gasteiger partial charge in [-0.3, -0.25) is 4.79 Å². The molecule has 0 atom stereocenters. The van der Waals surface area contributed by atoms with E-state index in [1.807, 2.05) is 6.07 Å². The number of carbonyl (C=O) groups is 3. The van der Waals surface area contributed by atoms with E-state index in [1.165, 1.54) is 25.1 Å². The van der Waals surface area contributed by atoms with E-state index < -0.39 is 17.5 Å². The molecule has 2 aromatic rings. The summed E-state index contributed by atoms with van der Waals surface area (Å²) in [6.45, 7) is 5.08. The van der Waals surface area contributed by atoms with Gasteiger partial charge >= 0.3 is 12.0 Å².